The van der Waals surface area contributed by atoms with Crippen LogP contribution in [-0.4, -0.2) is 17.4 Å². The van der Waals surface area contributed by atoms with Gasteiger partial charge in [0, 0.05) is 27.5 Å². The summed E-state index contributed by atoms with van der Waals surface area (Å²) in [6, 6.07) is 13.7. The molecule has 0 spiro atoms. The average molecular weight is 375 g/mol. The van der Waals surface area contributed by atoms with Gasteiger partial charge in [-0.25, -0.2) is 0 Å². The van der Waals surface area contributed by atoms with Crippen LogP contribution in [0.2, 0.25) is 5.02 Å². The number of hydrogen-bond donors (Lipinski definition) is 1. The van der Waals surface area contributed by atoms with Crippen molar-refractivity contribution >= 4 is 39.7 Å². The summed E-state index contributed by atoms with van der Waals surface area (Å²) in [6.45, 7) is -0.323. The minimum absolute atomic E-state index is 0.104. The number of ether oxygens (including phenoxy) is 1. The van der Waals surface area contributed by atoms with E-state index in [4.69, 9.17) is 16.3 Å². The van der Waals surface area contributed by atoms with E-state index in [1.54, 1.807) is 12.1 Å². The van der Waals surface area contributed by atoms with Gasteiger partial charge in [0.1, 0.15) is 5.75 Å². The van der Waals surface area contributed by atoms with Crippen molar-refractivity contribution < 1.29 is 18.8 Å². The Hall–Kier alpha value is -3.19. The summed E-state index contributed by atoms with van der Waals surface area (Å²) in [6.07, 6.45) is 0. The Morgan fingerprint density at radius 3 is 2.62 bits per heavy atom. The fourth-order valence-electron chi connectivity index (χ4n) is 2.43. The van der Waals surface area contributed by atoms with Crippen LogP contribution in [0.4, 0.5) is 15.8 Å². The molecule has 3 aromatic rings. The number of rotatable bonds is 5. The van der Waals surface area contributed by atoms with Crippen LogP contribution < -0.4 is 10.1 Å². The maximum Gasteiger partial charge on any atom is 0.306 e. The molecule has 1 amide bonds. The maximum absolute atomic E-state index is 13.3. The van der Waals surface area contributed by atoms with Crippen LogP contribution in [-0.2, 0) is 4.79 Å². The number of amides is 1. The van der Waals surface area contributed by atoms with E-state index in [2.05, 4.69) is 5.32 Å². The first-order valence-electron chi connectivity index (χ1n) is 7.49. The van der Waals surface area contributed by atoms with Gasteiger partial charge in [0.2, 0.25) is 5.82 Å². The van der Waals surface area contributed by atoms with E-state index in [0.29, 0.717) is 10.8 Å². The lowest BCUT2D eigenvalue weighted by Gasteiger charge is -2.11. The number of nitrogens with one attached hydrogen (secondary N) is 1. The van der Waals surface area contributed by atoms with Gasteiger partial charge in [-0.1, -0.05) is 35.9 Å². The predicted octanol–water partition coefficient (Wildman–Crippen LogP) is 4.56. The lowest BCUT2D eigenvalue weighted by atomic mass is 10.1. The Balaban J connectivity index is 1.71. The lowest BCUT2D eigenvalue weighted by Crippen LogP contribution is -2.20. The highest BCUT2D eigenvalue weighted by atomic mass is 35.5. The van der Waals surface area contributed by atoms with Crippen molar-refractivity contribution in [3.05, 3.63) is 75.6 Å². The second-order valence-corrected chi connectivity index (χ2v) is 5.76. The SMILES string of the molecule is O=C(COc1ccc(Cl)c2ccccc12)Nc1ccc(F)c([N+](=O)[O-])c1. The number of carbonyl (C=O) groups is 1. The van der Waals surface area contributed by atoms with E-state index >= 15 is 0 Å². The summed E-state index contributed by atoms with van der Waals surface area (Å²) in [5.41, 5.74) is -0.611. The summed E-state index contributed by atoms with van der Waals surface area (Å²) in [7, 11) is 0. The van der Waals surface area contributed by atoms with Gasteiger partial charge in [0.05, 0.1) is 4.92 Å². The Morgan fingerprint density at radius 1 is 1.15 bits per heavy atom. The molecule has 0 bridgehead atoms. The van der Waals surface area contributed by atoms with Crippen molar-refractivity contribution in [3.63, 3.8) is 0 Å². The Morgan fingerprint density at radius 2 is 1.88 bits per heavy atom. The van der Waals surface area contributed by atoms with Gasteiger partial charge in [0.15, 0.2) is 6.61 Å². The molecule has 0 unspecified atom stereocenters. The first-order valence-corrected chi connectivity index (χ1v) is 7.87. The molecule has 0 radical (unpaired) electrons. The zero-order valence-corrected chi connectivity index (χ0v) is 14.0. The predicted molar refractivity (Wildman–Crippen MR) is 96.1 cm³/mol. The highest BCUT2D eigenvalue weighted by Gasteiger charge is 2.15. The van der Waals surface area contributed by atoms with Crippen LogP contribution in [0.25, 0.3) is 10.8 Å². The molecule has 3 aromatic carbocycles. The smallest absolute Gasteiger partial charge is 0.306 e. The van der Waals surface area contributed by atoms with Gasteiger partial charge in [0.25, 0.3) is 5.91 Å². The molecule has 0 saturated carbocycles. The van der Waals surface area contributed by atoms with Crippen molar-refractivity contribution in [1.29, 1.82) is 0 Å². The van der Waals surface area contributed by atoms with Crippen LogP contribution in [0.1, 0.15) is 0 Å². The highest BCUT2D eigenvalue weighted by molar-refractivity contribution is 6.35. The number of hydrogen-bond acceptors (Lipinski definition) is 4. The maximum atomic E-state index is 13.3. The largest absolute Gasteiger partial charge is 0.483 e. The Bertz CT molecular complexity index is 1010. The van der Waals surface area contributed by atoms with Crippen LogP contribution in [0.15, 0.2) is 54.6 Å². The number of nitrogens with zero attached hydrogens (tertiary/aromatic N) is 1. The highest BCUT2D eigenvalue weighted by Crippen LogP contribution is 2.31. The number of nitro groups is 1. The van der Waals surface area contributed by atoms with Crippen molar-refractivity contribution in [3.8, 4) is 5.75 Å². The van der Waals surface area contributed by atoms with Gasteiger partial charge >= 0.3 is 5.69 Å². The number of nitro benzene ring substituents is 1. The number of carbonyl (C=O) groups excluding carboxylic acids is 1. The third kappa shape index (κ3) is 3.73. The van der Waals surface area contributed by atoms with Crippen LogP contribution in [0.5, 0.6) is 5.75 Å². The summed E-state index contributed by atoms with van der Waals surface area (Å²) in [5, 5.41) is 15.3. The molecule has 0 aliphatic carbocycles. The molecule has 0 aromatic heterocycles. The van der Waals surface area contributed by atoms with Crippen LogP contribution in [0, 0.1) is 15.9 Å². The molecule has 0 aliphatic rings. The molecule has 3 rings (SSSR count). The van der Waals surface area contributed by atoms with Crippen molar-refractivity contribution in [2.75, 3.05) is 11.9 Å². The summed E-state index contributed by atoms with van der Waals surface area (Å²) < 4.78 is 18.8. The molecule has 132 valence electrons. The van der Waals surface area contributed by atoms with Gasteiger partial charge in [-0.05, 0) is 24.3 Å². The second kappa shape index (κ2) is 7.37. The van der Waals surface area contributed by atoms with Crippen LogP contribution in [0.3, 0.4) is 0 Å². The first-order chi connectivity index (χ1) is 12.5. The number of benzene rings is 3. The Kier molecular flexibility index (Phi) is 4.99. The van der Waals surface area contributed by atoms with E-state index in [1.807, 2.05) is 24.3 Å². The quantitative estimate of drug-likeness (QED) is 0.524. The topological polar surface area (TPSA) is 81.5 Å². The van der Waals surface area contributed by atoms with E-state index in [9.17, 15) is 19.3 Å². The minimum Gasteiger partial charge on any atom is -0.483 e. The zero-order chi connectivity index (χ0) is 18.7. The average Bonchev–Trinajstić information content (AvgIpc) is 2.63. The molecule has 0 heterocycles. The zero-order valence-electron chi connectivity index (χ0n) is 13.2. The monoisotopic (exact) mass is 374 g/mol. The third-order valence-corrected chi connectivity index (χ3v) is 3.95. The lowest BCUT2D eigenvalue weighted by molar-refractivity contribution is -0.387. The Labute approximate surface area is 152 Å². The van der Waals surface area contributed by atoms with E-state index < -0.39 is 22.3 Å². The molecule has 0 aliphatic heterocycles. The van der Waals surface area contributed by atoms with Gasteiger partial charge in [-0.3, -0.25) is 14.9 Å². The normalized spacial score (nSPS) is 10.5. The molecule has 26 heavy (non-hydrogen) atoms. The molecule has 1 N–H and O–H groups in total. The van der Waals surface area contributed by atoms with E-state index in [1.165, 1.54) is 6.07 Å². The molecule has 6 nitrogen and oxygen atoms in total. The second-order valence-electron chi connectivity index (χ2n) is 5.35. The first kappa shape index (κ1) is 17.6. The van der Waals surface area contributed by atoms with E-state index in [0.717, 1.165) is 22.9 Å². The molecule has 0 fully saturated rings. The molecular weight excluding hydrogens is 363 g/mol. The molecule has 0 atom stereocenters. The molecule has 8 heteroatoms. The summed E-state index contributed by atoms with van der Waals surface area (Å²) in [5.74, 6) is -1.04. The standard InChI is InChI=1S/C18H12ClFN2O4/c19-14-6-8-17(13-4-2-1-3-12(13)14)26-10-18(23)21-11-5-7-15(20)16(9-11)22(24)25/h1-9H,10H2,(H,21,23). The number of anilines is 1. The summed E-state index contributed by atoms with van der Waals surface area (Å²) >= 11 is 6.13. The number of fused-ring (bicyclic) bond motifs is 1. The number of halogens is 2. The minimum atomic E-state index is -0.975. The molecule has 0 saturated heterocycles. The summed E-state index contributed by atoms with van der Waals surface area (Å²) in [4.78, 5) is 21.9. The third-order valence-electron chi connectivity index (χ3n) is 3.62. The fourth-order valence-corrected chi connectivity index (χ4v) is 2.66. The molecular formula is C18H12ClFN2O4. The van der Waals surface area contributed by atoms with Gasteiger partial charge in [-0.2, -0.15) is 4.39 Å². The van der Waals surface area contributed by atoms with Gasteiger partial charge in [-0.15, -0.1) is 0 Å². The van der Waals surface area contributed by atoms with Crippen LogP contribution >= 0.6 is 11.6 Å². The van der Waals surface area contributed by atoms with Crippen molar-refractivity contribution in [1.82, 2.24) is 0 Å². The van der Waals surface area contributed by atoms with Crippen molar-refractivity contribution in [2.45, 2.75) is 0 Å². The van der Waals surface area contributed by atoms with E-state index in [-0.39, 0.29) is 12.3 Å². The fraction of sp³-hybridized carbons (Fsp3) is 0.0556. The van der Waals surface area contributed by atoms with Crippen molar-refractivity contribution in [2.24, 2.45) is 0 Å². The van der Waals surface area contributed by atoms with Gasteiger partial charge < -0.3 is 10.1 Å².